The molecule has 0 saturated carbocycles. The van der Waals surface area contributed by atoms with Crippen molar-refractivity contribution in [2.75, 3.05) is 36.4 Å². The minimum absolute atomic E-state index is 0.139. The van der Waals surface area contributed by atoms with E-state index < -0.39 is 0 Å². The lowest BCUT2D eigenvalue weighted by atomic mass is 10.1. The van der Waals surface area contributed by atoms with Crippen LogP contribution in [-0.4, -0.2) is 42.9 Å². The minimum atomic E-state index is -0.193. The summed E-state index contributed by atoms with van der Waals surface area (Å²) >= 11 is 0. The number of hydrogen-bond donors (Lipinski definition) is 1. The fourth-order valence-electron chi connectivity index (χ4n) is 3.54. The summed E-state index contributed by atoms with van der Waals surface area (Å²) < 4.78 is 5.89. The summed E-state index contributed by atoms with van der Waals surface area (Å²) in [6, 6.07) is 17.6. The van der Waals surface area contributed by atoms with Gasteiger partial charge in [0.15, 0.2) is 0 Å². The molecular formula is C23H25N3O3. The lowest BCUT2D eigenvalue weighted by molar-refractivity contribution is -0.118. The Labute approximate surface area is 170 Å². The Hall–Kier alpha value is -3.28. The van der Waals surface area contributed by atoms with E-state index in [2.05, 4.69) is 22.3 Å². The van der Waals surface area contributed by atoms with Crippen molar-refractivity contribution in [3.63, 3.8) is 0 Å². The Morgan fingerprint density at radius 3 is 2.28 bits per heavy atom. The van der Waals surface area contributed by atoms with E-state index in [1.165, 1.54) is 0 Å². The monoisotopic (exact) mass is 391 g/mol. The Kier molecular flexibility index (Phi) is 5.25. The molecule has 2 amide bonds. The molecule has 2 aromatic carbocycles. The molecule has 0 aliphatic carbocycles. The minimum Gasteiger partial charge on any atom is -0.449 e. The number of nitrogens with zero attached hydrogens (tertiary/aromatic N) is 2. The lowest BCUT2D eigenvalue weighted by Crippen LogP contribution is -2.48. The molecule has 2 heterocycles. The van der Waals surface area contributed by atoms with Gasteiger partial charge in [0.05, 0.1) is 0 Å². The maximum absolute atomic E-state index is 13.2. The number of nitrogens with one attached hydrogen (secondary N) is 1. The van der Waals surface area contributed by atoms with Gasteiger partial charge in [-0.05, 0) is 24.3 Å². The molecule has 1 fully saturated rings. The lowest BCUT2D eigenvalue weighted by Gasteiger charge is -2.35. The van der Waals surface area contributed by atoms with Crippen molar-refractivity contribution in [3.8, 4) is 0 Å². The van der Waals surface area contributed by atoms with Crippen molar-refractivity contribution < 1.29 is 14.0 Å². The predicted octanol–water partition coefficient (Wildman–Crippen LogP) is 3.99. The zero-order valence-electron chi connectivity index (χ0n) is 16.7. The van der Waals surface area contributed by atoms with Gasteiger partial charge in [0.2, 0.25) is 11.7 Å². The highest BCUT2D eigenvalue weighted by Gasteiger charge is 2.29. The quantitative estimate of drug-likeness (QED) is 0.730. The maximum Gasteiger partial charge on any atom is 0.291 e. The van der Waals surface area contributed by atoms with E-state index in [0.29, 0.717) is 24.4 Å². The first-order valence-corrected chi connectivity index (χ1v) is 9.96. The average molecular weight is 391 g/mol. The van der Waals surface area contributed by atoms with E-state index in [4.69, 9.17) is 4.42 Å². The van der Waals surface area contributed by atoms with Crippen molar-refractivity contribution >= 4 is 34.2 Å². The number of fused-ring (bicyclic) bond motifs is 1. The maximum atomic E-state index is 13.2. The van der Waals surface area contributed by atoms with Gasteiger partial charge in [-0.3, -0.25) is 9.59 Å². The summed E-state index contributed by atoms with van der Waals surface area (Å²) in [6.45, 7) is 6.35. The Morgan fingerprint density at radius 2 is 1.59 bits per heavy atom. The van der Waals surface area contributed by atoms with Gasteiger partial charge < -0.3 is 19.5 Å². The highest BCUT2D eigenvalue weighted by molar-refractivity contribution is 6.11. The van der Waals surface area contributed by atoms with Crippen LogP contribution in [0.4, 0.5) is 11.4 Å². The summed E-state index contributed by atoms with van der Waals surface area (Å²) in [7, 11) is 0. The molecule has 6 nitrogen and oxygen atoms in total. The number of anilines is 2. The van der Waals surface area contributed by atoms with Crippen LogP contribution in [-0.2, 0) is 4.79 Å². The second-order valence-corrected chi connectivity index (χ2v) is 7.56. The van der Waals surface area contributed by atoms with Crippen molar-refractivity contribution in [2.24, 2.45) is 5.92 Å². The van der Waals surface area contributed by atoms with Crippen molar-refractivity contribution in [1.82, 2.24) is 4.90 Å². The molecule has 0 bridgehead atoms. The van der Waals surface area contributed by atoms with E-state index in [9.17, 15) is 9.59 Å². The zero-order valence-corrected chi connectivity index (χ0v) is 16.7. The molecule has 6 heteroatoms. The van der Waals surface area contributed by atoms with Crippen LogP contribution in [0.5, 0.6) is 0 Å². The first-order valence-electron chi connectivity index (χ1n) is 9.96. The fraction of sp³-hybridized carbons (Fsp3) is 0.304. The predicted molar refractivity (Wildman–Crippen MR) is 114 cm³/mol. The third kappa shape index (κ3) is 3.83. The number of carbonyl (C=O) groups excluding carboxylic acids is 2. The molecule has 0 spiro atoms. The molecule has 1 aromatic heterocycles. The number of hydrogen-bond acceptors (Lipinski definition) is 4. The molecule has 3 aromatic rings. The summed E-state index contributed by atoms with van der Waals surface area (Å²) in [4.78, 5) is 29.6. The number of rotatable bonds is 4. The van der Waals surface area contributed by atoms with Gasteiger partial charge in [-0.25, -0.2) is 0 Å². The Bertz CT molecular complexity index is 1020. The van der Waals surface area contributed by atoms with Gasteiger partial charge in [0.1, 0.15) is 11.3 Å². The van der Waals surface area contributed by atoms with E-state index in [0.717, 1.165) is 24.2 Å². The van der Waals surface area contributed by atoms with E-state index in [-0.39, 0.29) is 23.5 Å². The molecule has 150 valence electrons. The third-order valence-electron chi connectivity index (χ3n) is 5.25. The first kappa shape index (κ1) is 19.1. The van der Waals surface area contributed by atoms with E-state index in [1.807, 2.05) is 56.3 Å². The van der Waals surface area contributed by atoms with Crippen molar-refractivity contribution in [2.45, 2.75) is 13.8 Å². The zero-order chi connectivity index (χ0) is 20.4. The van der Waals surface area contributed by atoms with Crippen LogP contribution >= 0.6 is 0 Å². The summed E-state index contributed by atoms with van der Waals surface area (Å²) in [5.74, 6) is -0.318. The standard InChI is InChI=1S/C23H25N3O3/c1-16(2)22(27)24-20-18-10-6-7-11-19(18)29-21(20)23(28)26-14-12-25(13-15-26)17-8-4-3-5-9-17/h3-11,16H,12-15H2,1-2H3,(H,24,27). The number of benzene rings is 2. The van der Waals surface area contributed by atoms with Gasteiger partial charge in [-0.2, -0.15) is 0 Å². The first-order chi connectivity index (χ1) is 14.0. The molecular weight excluding hydrogens is 366 g/mol. The van der Waals surface area contributed by atoms with Gasteiger partial charge in [0.25, 0.3) is 5.91 Å². The van der Waals surface area contributed by atoms with Crippen LogP contribution < -0.4 is 10.2 Å². The van der Waals surface area contributed by atoms with E-state index >= 15 is 0 Å². The number of carbonyl (C=O) groups is 2. The number of para-hydroxylation sites is 2. The molecule has 0 unspecified atom stereocenters. The number of piperazine rings is 1. The molecule has 1 saturated heterocycles. The van der Waals surface area contributed by atoms with Crippen LogP contribution in [0.25, 0.3) is 11.0 Å². The van der Waals surface area contributed by atoms with Gasteiger partial charge in [-0.1, -0.05) is 44.2 Å². The Morgan fingerprint density at radius 1 is 0.931 bits per heavy atom. The van der Waals surface area contributed by atoms with Gasteiger partial charge >= 0.3 is 0 Å². The molecule has 0 radical (unpaired) electrons. The summed E-state index contributed by atoms with van der Waals surface area (Å²) in [6.07, 6.45) is 0. The fourth-order valence-corrected chi connectivity index (χ4v) is 3.54. The number of furan rings is 1. The van der Waals surface area contributed by atoms with Crippen molar-refractivity contribution in [1.29, 1.82) is 0 Å². The normalized spacial score (nSPS) is 14.4. The van der Waals surface area contributed by atoms with Crippen LogP contribution in [0.2, 0.25) is 0 Å². The largest absolute Gasteiger partial charge is 0.449 e. The topological polar surface area (TPSA) is 65.8 Å². The van der Waals surface area contributed by atoms with Crippen LogP contribution in [0.15, 0.2) is 59.0 Å². The molecule has 0 atom stereocenters. The summed E-state index contributed by atoms with van der Waals surface area (Å²) in [5, 5.41) is 3.64. The highest BCUT2D eigenvalue weighted by Crippen LogP contribution is 2.32. The molecule has 4 rings (SSSR count). The SMILES string of the molecule is CC(C)C(=O)Nc1c(C(=O)N2CCN(c3ccccc3)CC2)oc2ccccc12. The Balaban J connectivity index is 1.56. The van der Waals surface area contributed by atoms with Crippen molar-refractivity contribution in [3.05, 3.63) is 60.4 Å². The van der Waals surface area contributed by atoms with Crippen LogP contribution in [0.3, 0.4) is 0 Å². The van der Waals surface area contributed by atoms with Gasteiger partial charge in [-0.15, -0.1) is 0 Å². The van der Waals surface area contributed by atoms with Crippen LogP contribution in [0.1, 0.15) is 24.4 Å². The molecule has 29 heavy (non-hydrogen) atoms. The smallest absolute Gasteiger partial charge is 0.291 e. The molecule has 1 N–H and O–H groups in total. The number of amides is 2. The molecule has 1 aliphatic heterocycles. The molecule has 1 aliphatic rings. The van der Waals surface area contributed by atoms with Crippen LogP contribution in [0, 0.1) is 5.92 Å². The van der Waals surface area contributed by atoms with Gasteiger partial charge in [0, 0.05) is 43.2 Å². The third-order valence-corrected chi connectivity index (χ3v) is 5.25. The second-order valence-electron chi connectivity index (χ2n) is 7.56. The average Bonchev–Trinajstić information content (AvgIpc) is 3.12. The summed E-state index contributed by atoms with van der Waals surface area (Å²) in [5.41, 5.74) is 2.22. The van der Waals surface area contributed by atoms with E-state index in [1.54, 1.807) is 4.90 Å². The second kappa shape index (κ2) is 7.99. The highest BCUT2D eigenvalue weighted by atomic mass is 16.3.